The van der Waals surface area contributed by atoms with Gasteiger partial charge in [0.2, 0.25) is 0 Å². The van der Waals surface area contributed by atoms with Gasteiger partial charge in [0.25, 0.3) is 5.91 Å². The zero-order valence-electron chi connectivity index (χ0n) is 8.68. The van der Waals surface area contributed by atoms with Crippen LogP contribution in [0, 0.1) is 0 Å². The summed E-state index contributed by atoms with van der Waals surface area (Å²) in [7, 11) is 0. The van der Waals surface area contributed by atoms with E-state index in [1.807, 2.05) is 0 Å². The number of rotatable bonds is 3. The van der Waals surface area contributed by atoms with Crippen molar-refractivity contribution in [2.75, 3.05) is 5.32 Å². The maximum Gasteiger partial charge on any atom is 0.292 e. The number of hydrogen-bond donors (Lipinski definition) is 2. The molecule has 0 saturated heterocycles. The highest BCUT2D eigenvalue weighted by molar-refractivity contribution is 6.29. The molecule has 0 aromatic carbocycles. The topological polar surface area (TPSA) is 94.0 Å². The van der Waals surface area contributed by atoms with E-state index in [1.54, 1.807) is 12.1 Å². The first-order chi connectivity index (χ1) is 8.19. The summed E-state index contributed by atoms with van der Waals surface area (Å²) >= 11 is 5.66. The molecule has 88 valence electrons. The number of nitrogens with zero attached hydrogens (tertiary/aromatic N) is 2. The number of carbonyl (C=O) groups is 1. The van der Waals surface area contributed by atoms with Crippen molar-refractivity contribution in [3.63, 3.8) is 0 Å². The number of hydrogen-bond acceptors (Lipinski definition) is 5. The van der Waals surface area contributed by atoms with Crippen molar-refractivity contribution in [3.05, 3.63) is 41.2 Å². The van der Waals surface area contributed by atoms with Crippen molar-refractivity contribution in [1.82, 2.24) is 9.97 Å². The van der Waals surface area contributed by atoms with Crippen LogP contribution in [-0.2, 0) is 6.54 Å². The van der Waals surface area contributed by atoms with Crippen LogP contribution in [0.4, 0.5) is 5.82 Å². The van der Waals surface area contributed by atoms with Gasteiger partial charge in [-0.15, -0.1) is 0 Å². The van der Waals surface area contributed by atoms with Crippen LogP contribution in [0.1, 0.15) is 16.3 Å². The third-order valence-corrected chi connectivity index (χ3v) is 2.17. The molecule has 0 spiro atoms. The fourth-order valence-corrected chi connectivity index (χ4v) is 1.34. The largest absolute Gasteiger partial charge is 0.455 e. The Morgan fingerprint density at radius 1 is 1.47 bits per heavy atom. The van der Waals surface area contributed by atoms with E-state index < -0.39 is 5.91 Å². The fraction of sp³-hybridized carbons (Fsp3) is 0.100. The Hall–Kier alpha value is -1.92. The number of amides is 1. The molecule has 0 saturated carbocycles. The van der Waals surface area contributed by atoms with Crippen molar-refractivity contribution in [2.45, 2.75) is 6.54 Å². The van der Waals surface area contributed by atoms with Crippen LogP contribution in [0.2, 0.25) is 5.15 Å². The Morgan fingerprint density at radius 3 is 2.94 bits per heavy atom. The molecule has 0 bridgehead atoms. The van der Waals surface area contributed by atoms with Crippen LogP contribution in [0.5, 0.6) is 0 Å². The molecule has 3 N–H and O–H groups in total. The first-order valence-electron chi connectivity index (χ1n) is 4.76. The lowest BCUT2D eigenvalue weighted by molar-refractivity contribution is 0.0994. The molecule has 2 aromatic rings. The standard InChI is InChI=1S/C10H9ClN4O2/c11-8-3-9(14-5-13-8)15-10(16)7-2-1-6(4-12)17-7/h1-3,5H,4,12H2,(H,13,14,15,16). The van der Waals surface area contributed by atoms with Gasteiger partial charge in [0, 0.05) is 6.07 Å². The number of halogens is 1. The summed E-state index contributed by atoms with van der Waals surface area (Å²) in [5, 5.41) is 2.77. The van der Waals surface area contributed by atoms with E-state index in [4.69, 9.17) is 21.8 Å². The smallest absolute Gasteiger partial charge is 0.292 e. The molecule has 0 atom stereocenters. The van der Waals surface area contributed by atoms with Crippen LogP contribution in [-0.4, -0.2) is 15.9 Å². The zero-order valence-corrected chi connectivity index (χ0v) is 9.44. The number of nitrogens with two attached hydrogens (primary N) is 1. The first kappa shape index (κ1) is 11.6. The number of carbonyl (C=O) groups excluding carboxylic acids is 1. The van der Waals surface area contributed by atoms with E-state index >= 15 is 0 Å². The molecule has 0 fully saturated rings. The van der Waals surface area contributed by atoms with Gasteiger partial charge in [0.05, 0.1) is 6.54 Å². The fourth-order valence-electron chi connectivity index (χ4n) is 1.19. The maximum absolute atomic E-state index is 11.7. The van der Waals surface area contributed by atoms with E-state index in [1.165, 1.54) is 12.4 Å². The van der Waals surface area contributed by atoms with Crippen molar-refractivity contribution >= 4 is 23.3 Å². The van der Waals surface area contributed by atoms with Crippen molar-refractivity contribution in [2.24, 2.45) is 5.73 Å². The number of furan rings is 1. The number of nitrogens with one attached hydrogen (secondary N) is 1. The molecule has 2 aromatic heterocycles. The predicted octanol–water partition coefficient (Wildman–Crippen LogP) is 1.43. The van der Waals surface area contributed by atoms with Gasteiger partial charge in [-0.1, -0.05) is 11.6 Å². The minimum Gasteiger partial charge on any atom is -0.455 e. The van der Waals surface area contributed by atoms with Crippen LogP contribution in [0.15, 0.2) is 28.9 Å². The van der Waals surface area contributed by atoms with E-state index in [2.05, 4.69) is 15.3 Å². The maximum atomic E-state index is 11.7. The second kappa shape index (κ2) is 4.94. The number of aromatic nitrogens is 2. The van der Waals surface area contributed by atoms with Gasteiger partial charge in [-0.2, -0.15) is 0 Å². The van der Waals surface area contributed by atoms with Gasteiger partial charge in [-0.05, 0) is 12.1 Å². The second-order valence-corrected chi connectivity index (χ2v) is 3.54. The summed E-state index contributed by atoms with van der Waals surface area (Å²) in [5.41, 5.74) is 5.37. The van der Waals surface area contributed by atoms with Gasteiger partial charge < -0.3 is 15.5 Å². The predicted molar refractivity (Wildman–Crippen MR) is 61.6 cm³/mol. The summed E-state index contributed by atoms with van der Waals surface area (Å²) < 4.78 is 5.18. The molecule has 1 amide bonds. The average Bonchev–Trinajstić information content (AvgIpc) is 2.77. The Bertz CT molecular complexity index is 541. The highest BCUT2D eigenvalue weighted by atomic mass is 35.5. The molecule has 0 aliphatic carbocycles. The molecule has 17 heavy (non-hydrogen) atoms. The number of anilines is 1. The molecular formula is C10H9ClN4O2. The molecule has 0 aliphatic heterocycles. The Morgan fingerprint density at radius 2 is 2.29 bits per heavy atom. The Balaban J connectivity index is 2.11. The zero-order chi connectivity index (χ0) is 12.3. The minimum atomic E-state index is -0.417. The average molecular weight is 253 g/mol. The summed E-state index contributed by atoms with van der Waals surface area (Å²) in [6.45, 7) is 0.243. The SMILES string of the molecule is NCc1ccc(C(=O)Nc2cc(Cl)ncn2)o1. The van der Waals surface area contributed by atoms with E-state index in [0.717, 1.165) is 0 Å². The van der Waals surface area contributed by atoms with Gasteiger partial charge in [-0.3, -0.25) is 4.79 Å². The third kappa shape index (κ3) is 2.80. The summed E-state index contributed by atoms with van der Waals surface area (Å²) in [6, 6.07) is 4.62. The van der Waals surface area contributed by atoms with E-state index in [-0.39, 0.29) is 17.5 Å². The van der Waals surface area contributed by atoms with E-state index in [9.17, 15) is 4.79 Å². The molecule has 0 aliphatic rings. The van der Waals surface area contributed by atoms with Gasteiger partial charge in [0.15, 0.2) is 5.76 Å². The summed E-state index contributed by atoms with van der Waals surface area (Å²) in [4.78, 5) is 19.2. The lowest BCUT2D eigenvalue weighted by Gasteiger charge is -2.01. The molecule has 0 radical (unpaired) electrons. The van der Waals surface area contributed by atoms with Crippen LogP contribution >= 0.6 is 11.6 Å². The highest BCUT2D eigenvalue weighted by Gasteiger charge is 2.11. The Kier molecular flexibility index (Phi) is 3.36. The normalized spacial score (nSPS) is 10.2. The van der Waals surface area contributed by atoms with Crippen molar-refractivity contribution in [3.8, 4) is 0 Å². The third-order valence-electron chi connectivity index (χ3n) is 1.96. The lowest BCUT2D eigenvalue weighted by Crippen LogP contribution is -2.12. The monoisotopic (exact) mass is 252 g/mol. The van der Waals surface area contributed by atoms with E-state index in [0.29, 0.717) is 11.6 Å². The molecule has 2 rings (SSSR count). The molecule has 0 unspecified atom stereocenters. The van der Waals surface area contributed by atoms with Crippen LogP contribution in [0.3, 0.4) is 0 Å². The Labute approximate surface area is 102 Å². The summed E-state index contributed by atoms with van der Waals surface area (Å²) in [6.07, 6.45) is 1.26. The summed E-state index contributed by atoms with van der Waals surface area (Å²) in [5.74, 6) is 0.594. The van der Waals surface area contributed by atoms with Crippen LogP contribution in [0.25, 0.3) is 0 Å². The second-order valence-electron chi connectivity index (χ2n) is 3.15. The van der Waals surface area contributed by atoms with Gasteiger partial charge in [0.1, 0.15) is 23.1 Å². The van der Waals surface area contributed by atoms with Gasteiger partial charge >= 0.3 is 0 Å². The molecule has 2 heterocycles. The molecule has 6 nitrogen and oxygen atoms in total. The first-order valence-corrected chi connectivity index (χ1v) is 5.14. The molecule has 7 heteroatoms. The van der Waals surface area contributed by atoms with Gasteiger partial charge in [-0.25, -0.2) is 9.97 Å². The lowest BCUT2D eigenvalue weighted by atomic mass is 10.4. The molecular weight excluding hydrogens is 244 g/mol. The van der Waals surface area contributed by atoms with Crippen molar-refractivity contribution in [1.29, 1.82) is 0 Å². The minimum absolute atomic E-state index is 0.167. The highest BCUT2D eigenvalue weighted by Crippen LogP contribution is 2.12. The quantitative estimate of drug-likeness (QED) is 0.806. The van der Waals surface area contributed by atoms with Crippen molar-refractivity contribution < 1.29 is 9.21 Å². The van der Waals surface area contributed by atoms with Crippen LogP contribution < -0.4 is 11.1 Å².